The first kappa shape index (κ1) is 18.8. The number of nitrogens with one attached hydrogen (secondary N) is 2. The summed E-state index contributed by atoms with van der Waals surface area (Å²) in [6.07, 6.45) is 10.2. The van der Waals surface area contributed by atoms with Gasteiger partial charge in [0.05, 0.1) is 0 Å². The van der Waals surface area contributed by atoms with Crippen LogP contribution in [0.2, 0.25) is 0 Å². The molecule has 1 aliphatic heterocycles. The maximum absolute atomic E-state index is 12.5. The van der Waals surface area contributed by atoms with Gasteiger partial charge in [0.2, 0.25) is 5.91 Å². The van der Waals surface area contributed by atoms with Crippen LogP contribution >= 0.6 is 0 Å². The van der Waals surface area contributed by atoms with E-state index in [1.54, 1.807) is 6.08 Å². The van der Waals surface area contributed by atoms with E-state index in [0.29, 0.717) is 30.8 Å². The van der Waals surface area contributed by atoms with Crippen molar-refractivity contribution in [2.75, 3.05) is 19.6 Å². The molecule has 0 spiro atoms. The molecule has 2 fully saturated rings. The van der Waals surface area contributed by atoms with Crippen molar-refractivity contribution in [1.82, 2.24) is 15.5 Å². The predicted molar refractivity (Wildman–Crippen MR) is 96.7 cm³/mol. The fourth-order valence-corrected chi connectivity index (χ4v) is 4.01. The Labute approximate surface area is 146 Å². The Balaban J connectivity index is 1.81. The van der Waals surface area contributed by atoms with Crippen molar-refractivity contribution < 1.29 is 9.59 Å². The number of nitrogens with zero attached hydrogens (tertiary/aromatic N) is 1. The number of likely N-dealkylation sites (tertiary alicyclic amines) is 1. The first-order chi connectivity index (χ1) is 11.6. The fraction of sp³-hybridized carbons (Fsp3) is 0.789. The molecular formula is C19H33N3O2. The Kier molecular flexibility index (Phi) is 7.60. The lowest BCUT2D eigenvalue weighted by molar-refractivity contribution is -0.122. The zero-order chi connectivity index (χ0) is 17.4. The van der Waals surface area contributed by atoms with Gasteiger partial charge in [-0.3, -0.25) is 4.79 Å². The van der Waals surface area contributed by atoms with Crippen molar-refractivity contribution in [1.29, 1.82) is 0 Å². The number of hydrogen-bond acceptors (Lipinski definition) is 2. The third-order valence-corrected chi connectivity index (χ3v) is 5.53. The summed E-state index contributed by atoms with van der Waals surface area (Å²) >= 11 is 0. The fourth-order valence-electron chi connectivity index (χ4n) is 4.01. The summed E-state index contributed by atoms with van der Waals surface area (Å²) in [6.45, 7) is 7.83. The minimum atomic E-state index is 0.0925. The Morgan fingerprint density at radius 3 is 2.58 bits per heavy atom. The molecule has 1 saturated heterocycles. The van der Waals surface area contributed by atoms with Crippen molar-refractivity contribution in [2.24, 2.45) is 11.8 Å². The molecule has 5 heteroatoms. The molecule has 0 unspecified atom stereocenters. The largest absolute Gasteiger partial charge is 0.353 e. The standard InChI is InChI=1S/C19H33N3O2/c1-3-11-20-18(23)13-16-10-12-22(14-15(16)4-2)19(24)21-17-8-6-5-7-9-17/h3,15-17H,1,4-14H2,2H3,(H,20,23)(H,21,24)/t15-,16-/m0/s1. The first-order valence-corrected chi connectivity index (χ1v) is 9.57. The average molecular weight is 335 g/mol. The number of urea groups is 1. The molecule has 5 nitrogen and oxygen atoms in total. The molecule has 1 heterocycles. The van der Waals surface area contributed by atoms with Crippen LogP contribution in [-0.4, -0.2) is 42.5 Å². The molecule has 2 rings (SSSR count). The van der Waals surface area contributed by atoms with E-state index >= 15 is 0 Å². The van der Waals surface area contributed by atoms with Gasteiger partial charge in [-0.15, -0.1) is 6.58 Å². The lowest BCUT2D eigenvalue weighted by Crippen LogP contribution is -2.51. The van der Waals surface area contributed by atoms with Crippen molar-refractivity contribution in [3.8, 4) is 0 Å². The SMILES string of the molecule is C=CCNC(=O)C[C@@H]1CCN(C(=O)NC2CCCCC2)C[C@@H]1CC. The van der Waals surface area contributed by atoms with Crippen LogP contribution in [0.1, 0.15) is 58.3 Å². The van der Waals surface area contributed by atoms with Crippen LogP contribution in [0, 0.1) is 11.8 Å². The van der Waals surface area contributed by atoms with E-state index in [4.69, 9.17) is 0 Å². The van der Waals surface area contributed by atoms with E-state index in [2.05, 4.69) is 24.1 Å². The van der Waals surface area contributed by atoms with Gasteiger partial charge >= 0.3 is 6.03 Å². The monoisotopic (exact) mass is 335 g/mol. The second kappa shape index (κ2) is 9.70. The minimum absolute atomic E-state index is 0.0925. The van der Waals surface area contributed by atoms with E-state index in [1.807, 2.05) is 4.90 Å². The van der Waals surface area contributed by atoms with Crippen molar-refractivity contribution in [2.45, 2.75) is 64.3 Å². The summed E-state index contributed by atoms with van der Waals surface area (Å²) in [4.78, 5) is 26.4. The zero-order valence-corrected chi connectivity index (χ0v) is 15.1. The second-order valence-electron chi connectivity index (χ2n) is 7.24. The topological polar surface area (TPSA) is 61.4 Å². The highest BCUT2D eigenvalue weighted by atomic mass is 16.2. The molecule has 24 heavy (non-hydrogen) atoms. The van der Waals surface area contributed by atoms with E-state index in [0.717, 1.165) is 38.8 Å². The minimum Gasteiger partial charge on any atom is -0.353 e. The molecule has 1 saturated carbocycles. The maximum atomic E-state index is 12.5. The normalized spacial score (nSPS) is 25.1. The summed E-state index contributed by atoms with van der Waals surface area (Å²) in [5.74, 6) is 0.877. The van der Waals surface area contributed by atoms with E-state index < -0.39 is 0 Å². The van der Waals surface area contributed by atoms with E-state index in [-0.39, 0.29) is 11.9 Å². The van der Waals surface area contributed by atoms with Gasteiger partial charge in [-0.05, 0) is 31.1 Å². The molecule has 0 bridgehead atoms. The number of carbonyl (C=O) groups is 2. The summed E-state index contributed by atoms with van der Waals surface area (Å²) in [5.41, 5.74) is 0. The molecular weight excluding hydrogens is 302 g/mol. The zero-order valence-electron chi connectivity index (χ0n) is 15.1. The number of hydrogen-bond donors (Lipinski definition) is 2. The molecule has 2 N–H and O–H groups in total. The quantitative estimate of drug-likeness (QED) is 0.733. The maximum Gasteiger partial charge on any atom is 0.317 e. The van der Waals surface area contributed by atoms with Crippen LogP contribution in [0.3, 0.4) is 0 Å². The highest BCUT2D eigenvalue weighted by molar-refractivity contribution is 5.76. The lowest BCUT2D eigenvalue weighted by Gasteiger charge is -2.39. The molecule has 1 aliphatic carbocycles. The van der Waals surface area contributed by atoms with Gasteiger partial charge < -0.3 is 15.5 Å². The predicted octanol–water partition coefficient (Wildman–Crippen LogP) is 3.07. The summed E-state index contributed by atoms with van der Waals surface area (Å²) in [5, 5.41) is 6.08. The smallest absolute Gasteiger partial charge is 0.317 e. The number of amides is 3. The highest BCUT2D eigenvalue weighted by Crippen LogP contribution is 2.29. The van der Waals surface area contributed by atoms with Gasteiger partial charge in [0.15, 0.2) is 0 Å². The summed E-state index contributed by atoms with van der Waals surface area (Å²) < 4.78 is 0. The third kappa shape index (κ3) is 5.53. The second-order valence-corrected chi connectivity index (χ2v) is 7.24. The molecule has 0 aromatic rings. The molecule has 0 aromatic carbocycles. The van der Waals surface area contributed by atoms with Crippen LogP contribution < -0.4 is 10.6 Å². The van der Waals surface area contributed by atoms with Crippen LogP contribution in [0.5, 0.6) is 0 Å². The molecule has 2 atom stereocenters. The van der Waals surface area contributed by atoms with Crippen molar-refractivity contribution in [3.63, 3.8) is 0 Å². The molecule has 0 radical (unpaired) electrons. The van der Waals surface area contributed by atoms with Gasteiger partial charge in [0.1, 0.15) is 0 Å². The number of rotatable bonds is 6. The lowest BCUT2D eigenvalue weighted by atomic mass is 9.81. The van der Waals surface area contributed by atoms with E-state index in [9.17, 15) is 9.59 Å². The van der Waals surface area contributed by atoms with Crippen LogP contribution in [0.4, 0.5) is 4.79 Å². The molecule has 2 aliphatic rings. The Bertz CT molecular complexity index is 432. The number of piperidine rings is 1. The van der Waals surface area contributed by atoms with Crippen LogP contribution in [-0.2, 0) is 4.79 Å². The van der Waals surface area contributed by atoms with Crippen molar-refractivity contribution >= 4 is 11.9 Å². The molecule has 0 aromatic heterocycles. The van der Waals surface area contributed by atoms with Crippen LogP contribution in [0.15, 0.2) is 12.7 Å². The Hall–Kier alpha value is -1.52. The van der Waals surface area contributed by atoms with Crippen molar-refractivity contribution in [3.05, 3.63) is 12.7 Å². The molecule has 136 valence electrons. The van der Waals surface area contributed by atoms with Crippen LogP contribution in [0.25, 0.3) is 0 Å². The van der Waals surface area contributed by atoms with Gasteiger partial charge in [-0.1, -0.05) is 38.7 Å². The van der Waals surface area contributed by atoms with Gasteiger partial charge in [-0.2, -0.15) is 0 Å². The Morgan fingerprint density at radius 2 is 1.92 bits per heavy atom. The average Bonchev–Trinajstić information content (AvgIpc) is 2.61. The van der Waals surface area contributed by atoms with Gasteiger partial charge in [0.25, 0.3) is 0 Å². The summed E-state index contributed by atoms with van der Waals surface area (Å²) in [6, 6.07) is 0.448. The Morgan fingerprint density at radius 1 is 1.17 bits per heavy atom. The van der Waals surface area contributed by atoms with Gasteiger partial charge in [-0.25, -0.2) is 4.79 Å². The third-order valence-electron chi connectivity index (χ3n) is 5.53. The number of carbonyl (C=O) groups excluding carboxylic acids is 2. The van der Waals surface area contributed by atoms with E-state index in [1.165, 1.54) is 19.3 Å². The summed E-state index contributed by atoms with van der Waals surface area (Å²) in [7, 11) is 0. The molecule has 3 amide bonds. The first-order valence-electron chi connectivity index (χ1n) is 9.57. The van der Waals surface area contributed by atoms with Gasteiger partial charge in [0, 0.05) is 32.1 Å². The highest BCUT2D eigenvalue weighted by Gasteiger charge is 2.32.